The first-order valence-electron chi connectivity index (χ1n) is 23.9. The lowest BCUT2D eigenvalue weighted by Crippen LogP contribution is -2.14. The first-order valence-corrected chi connectivity index (χ1v) is 23.9. The molecule has 1 aliphatic rings. The molecule has 0 aliphatic heterocycles. The van der Waals surface area contributed by atoms with E-state index >= 15 is 0 Å². The molecule has 0 fully saturated rings. The molecule has 0 heteroatoms. The molecule has 0 unspecified atom stereocenters. The largest absolute Gasteiger partial charge is 0.0622 e. The molecule has 0 atom stereocenters. The number of benzene rings is 12. The zero-order valence-corrected chi connectivity index (χ0v) is 38.7. The van der Waals surface area contributed by atoms with E-state index in [0.29, 0.717) is 0 Å². The summed E-state index contributed by atoms with van der Waals surface area (Å²) < 4.78 is 0. The summed E-state index contributed by atoms with van der Waals surface area (Å²) in [5.74, 6) is 0. The topological polar surface area (TPSA) is 0 Å². The van der Waals surface area contributed by atoms with Crippen LogP contribution in [0.2, 0.25) is 0 Å². The summed E-state index contributed by atoms with van der Waals surface area (Å²) in [7, 11) is 0. The Labute approximate surface area is 387 Å². The van der Waals surface area contributed by atoms with Crippen molar-refractivity contribution in [2.75, 3.05) is 0 Å². The van der Waals surface area contributed by atoms with Gasteiger partial charge in [-0.15, -0.1) is 0 Å². The Morgan fingerprint density at radius 2 is 0.742 bits per heavy atom. The molecule has 0 saturated carbocycles. The van der Waals surface area contributed by atoms with E-state index in [9.17, 15) is 0 Å². The third-order valence-electron chi connectivity index (χ3n) is 15.1. The summed E-state index contributed by atoms with van der Waals surface area (Å²) in [6.45, 7) is 14.3. The molecule has 0 radical (unpaired) electrons. The molecule has 0 heterocycles. The zero-order chi connectivity index (χ0) is 44.6. The third-order valence-corrected chi connectivity index (χ3v) is 15.1. The van der Waals surface area contributed by atoms with E-state index in [4.69, 9.17) is 0 Å². The standard InChI is InChI=1S/C66H52/c1-65(2,3)54-37-48-31-27-43-19-13-20-44-33-34-51(60(48)56(43)44)57(54)46-29-25-39-23-24-40-26-30-47(36-53(40)52(39)35-46)61-55(66(4,5)6)38-49-32-28-45-21-14-22-50-58(41-15-9-7-10-16-41)62(42-17-11-8-12-18-42)64(61)63(49)59(45)50/h7-22,25-38H,23-24H2,1-6H3. The molecular weight excluding hydrogens is 793 g/mol. The highest BCUT2D eigenvalue weighted by molar-refractivity contribution is 6.34. The molecule has 1 aliphatic carbocycles. The van der Waals surface area contributed by atoms with Crippen LogP contribution in [0.25, 0.3) is 120 Å². The molecule has 0 spiro atoms. The van der Waals surface area contributed by atoms with Gasteiger partial charge in [0, 0.05) is 0 Å². The maximum absolute atomic E-state index is 2.57. The van der Waals surface area contributed by atoms with Gasteiger partial charge in [0.1, 0.15) is 0 Å². The van der Waals surface area contributed by atoms with Crippen LogP contribution >= 0.6 is 0 Å². The summed E-state index contributed by atoms with van der Waals surface area (Å²) in [5.41, 5.74) is 18.5. The minimum atomic E-state index is -0.139. The van der Waals surface area contributed by atoms with Crippen LogP contribution in [0.5, 0.6) is 0 Å². The zero-order valence-electron chi connectivity index (χ0n) is 38.7. The molecule has 13 rings (SSSR count). The SMILES string of the molecule is CC(C)(C)c1cc2ccc3cccc4ccc(c1-c1ccc5c(c1)-c1cc(-c6c(C(C)(C)C)cc7ccc8cccc9c(-c%10ccccc%10)c(-c%10ccccc%10)c6c7c89)ccc1CC5)c2c34. The molecule has 12 aromatic carbocycles. The first-order chi connectivity index (χ1) is 32.0. The summed E-state index contributed by atoms with van der Waals surface area (Å²) in [4.78, 5) is 0. The van der Waals surface area contributed by atoms with E-state index in [-0.39, 0.29) is 10.8 Å². The highest BCUT2D eigenvalue weighted by atomic mass is 14.3. The Bertz CT molecular complexity index is 3890. The normalized spacial score (nSPS) is 13.2. The number of aryl methyl sites for hydroxylation is 2. The maximum atomic E-state index is 2.57. The molecule has 0 saturated heterocycles. The third kappa shape index (κ3) is 5.77. The van der Waals surface area contributed by atoms with Gasteiger partial charge < -0.3 is 0 Å². The second-order valence-corrected chi connectivity index (χ2v) is 21.1. The van der Waals surface area contributed by atoms with Crippen molar-refractivity contribution in [1.29, 1.82) is 0 Å². The lowest BCUT2D eigenvalue weighted by molar-refractivity contribution is 0.593. The van der Waals surface area contributed by atoms with Gasteiger partial charge in [-0.05, 0) is 190 Å². The van der Waals surface area contributed by atoms with Crippen LogP contribution in [0.1, 0.15) is 63.8 Å². The second-order valence-electron chi connectivity index (χ2n) is 21.1. The molecule has 0 N–H and O–H groups in total. The van der Waals surface area contributed by atoms with Crippen molar-refractivity contribution in [1.82, 2.24) is 0 Å². The van der Waals surface area contributed by atoms with E-state index < -0.39 is 0 Å². The van der Waals surface area contributed by atoms with E-state index in [1.165, 1.54) is 143 Å². The second kappa shape index (κ2) is 14.1. The van der Waals surface area contributed by atoms with Crippen molar-refractivity contribution in [3.8, 4) is 55.6 Å². The van der Waals surface area contributed by atoms with Crippen molar-refractivity contribution in [3.63, 3.8) is 0 Å². The fourth-order valence-corrected chi connectivity index (χ4v) is 12.1. The number of hydrogen-bond acceptors (Lipinski definition) is 0. The van der Waals surface area contributed by atoms with Gasteiger partial charge in [0.15, 0.2) is 0 Å². The summed E-state index contributed by atoms with van der Waals surface area (Å²) >= 11 is 0. The van der Waals surface area contributed by atoms with Gasteiger partial charge >= 0.3 is 0 Å². The Morgan fingerprint density at radius 1 is 0.288 bits per heavy atom. The van der Waals surface area contributed by atoms with Crippen LogP contribution in [-0.2, 0) is 23.7 Å². The summed E-state index contributed by atoms with van der Waals surface area (Å²) in [6.07, 6.45) is 2.07. The van der Waals surface area contributed by atoms with Crippen molar-refractivity contribution in [3.05, 3.63) is 204 Å². The minimum Gasteiger partial charge on any atom is -0.0622 e. The van der Waals surface area contributed by atoms with Gasteiger partial charge in [0.25, 0.3) is 0 Å². The Hall–Kier alpha value is -7.28. The highest BCUT2D eigenvalue weighted by Crippen LogP contribution is 2.54. The van der Waals surface area contributed by atoms with Crippen LogP contribution in [0.3, 0.4) is 0 Å². The van der Waals surface area contributed by atoms with E-state index in [1.54, 1.807) is 0 Å². The van der Waals surface area contributed by atoms with Gasteiger partial charge in [-0.2, -0.15) is 0 Å². The van der Waals surface area contributed by atoms with E-state index in [0.717, 1.165) is 12.8 Å². The fourth-order valence-electron chi connectivity index (χ4n) is 12.1. The van der Waals surface area contributed by atoms with Gasteiger partial charge in [-0.1, -0.05) is 199 Å². The number of rotatable bonds is 4. The van der Waals surface area contributed by atoms with Gasteiger partial charge in [-0.3, -0.25) is 0 Å². The van der Waals surface area contributed by atoms with Crippen LogP contribution in [-0.4, -0.2) is 0 Å². The lowest BCUT2D eigenvalue weighted by atomic mass is 9.73. The Balaban J connectivity index is 1.12. The Morgan fingerprint density at radius 3 is 1.33 bits per heavy atom. The smallest absolute Gasteiger partial charge is 0.000487 e. The molecule has 0 aromatic heterocycles. The van der Waals surface area contributed by atoms with E-state index in [2.05, 4.69) is 224 Å². The van der Waals surface area contributed by atoms with Crippen LogP contribution in [0, 0.1) is 0 Å². The summed E-state index contributed by atoms with van der Waals surface area (Å²) in [5, 5.41) is 16.0. The average Bonchev–Trinajstić information content (AvgIpc) is 3.33. The van der Waals surface area contributed by atoms with E-state index in [1.807, 2.05) is 0 Å². The van der Waals surface area contributed by atoms with Crippen LogP contribution < -0.4 is 0 Å². The summed E-state index contributed by atoms with van der Waals surface area (Å²) in [6, 6.07) is 69.9. The van der Waals surface area contributed by atoms with Crippen molar-refractivity contribution >= 4 is 64.6 Å². The minimum absolute atomic E-state index is 0.0613. The van der Waals surface area contributed by atoms with Crippen LogP contribution in [0.4, 0.5) is 0 Å². The molecule has 0 bridgehead atoms. The molecule has 66 heavy (non-hydrogen) atoms. The quantitative estimate of drug-likeness (QED) is 0.155. The Kier molecular flexibility index (Phi) is 8.36. The maximum Gasteiger partial charge on any atom is -0.000487 e. The van der Waals surface area contributed by atoms with Crippen LogP contribution in [0.15, 0.2) is 182 Å². The molecular formula is C66H52. The number of hydrogen-bond donors (Lipinski definition) is 0. The van der Waals surface area contributed by atoms with Crippen molar-refractivity contribution in [2.24, 2.45) is 0 Å². The lowest BCUT2D eigenvalue weighted by Gasteiger charge is -2.30. The van der Waals surface area contributed by atoms with Crippen molar-refractivity contribution in [2.45, 2.75) is 65.2 Å². The van der Waals surface area contributed by atoms with Crippen molar-refractivity contribution < 1.29 is 0 Å². The molecule has 0 nitrogen and oxygen atoms in total. The monoisotopic (exact) mass is 844 g/mol. The fraction of sp³-hybridized carbons (Fsp3) is 0.152. The number of fused-ring (bicyclic) bond motifs is 3. The van der Waals surface area contributed by atoms with Gasteiger partial charge in [0.05, 0.1) is 0 Å². The molecule has 316 valence electrons. The highest BCUT2D eigenvalue weighted by Gasteiger charge is 2.30. The predicted molar refractivity (Wildman–Crippen MR) is 286 cm³/mol. The average molecular weight is 845 g/mol. The predicted octanol–water partition coefficient (Wildman–Crippen LogP) is 18.5. The van der Waals surface area contributed by atoms with Gasteiger partial charge in [0.2, 0.25) is 0 Å². The van der Waals surface area contributed by atoms with Gasteiger partial charge in [-0.25, -0.2) is 0 Å². The first kappa shape index (κ1) is 39.1. The molecule has 12 aromatic rings. The molecule has 0 amide bonds.